The number of halogens is 2. The van der Waals surface area contributed by atoms with Crippen LogP contribution in [0.3, 0.4) is 0 Å². The number of ether oxygens (including phenoxy) is 1. The summed E-state index contributed by atoms with van der Waals surface area (Å²) < 4.78 is 6.11. The Hall–Kier alpha value is -2.80. The molecule has 1 aromatic heterocycles. The quantitative estimate of drug-likeness (QED) is 0.237. The van der Waals surface area contributed by atoms with Gasteiger partial charge in [-0.05, 0) is 66.6 Å². The molecule has 0 N–H and O–H groups in total. The number of pyridine rings is 1. The molecule has 2 fully saturated rings. The standard InChI is InChI=1S/C28H25Cl2N3O2S/c29-21-14-12-19(13-15-21)18-35-24-11-5-4-7-20(24)17-25-27(34)33(22-8-2-1-3-9-22)28(36-25)32-23-10-6-16-31-26(23)30/h4-7,10-17,22H,1-3,8-9,18H2/b25-17-,32-28?. The number of carbonyl (C=O) groups is 1. The summed E-state index contributed by atoms with van der Waals surface area (Å²) in [6, 6.07) is 19.0. The lowest BCUT2D eigenvalue weighted by Crippen LogP contribution is -2.40. The summed E-state index contributed by atoms with van der Waals surface area (Å²) in [5.41, 5.74) is 2.41. The lowest BCUT2D eigenvalue weighted by atomic mass is 9.94. The van der Waals surface area contributed by atoms with Gasteiger partial charge in [0.15, 0.2) is 10.3 Å². The lowest BCUT2D eigenvalue weighted by molar-refractivity contribution is -0.124. The zero-order valence-corrected chi connectivity index (χ0v) is 21.9. The molecule has 1 aliphatic carbocycles. The van der Waals surface area contributed by atoms with Crippen molar-refractivity contribution >= 4 is 57.8 Å². The third-order valence-electron chi connectivity index (χ3n) is 6.25. The van der Waals surface area contributed by atoms with Gasteiger partial charge in [0.2, 0.25) is 0 Å². The van der Waals surface area contributed by atoms with Crippen molar-refractivity contribution in [3.63, 3.8) is 0 Å². The number of amidine groups is 1. The maximum absolute atomic E-state index is 13.7. The molecule has 8 heteroatoms. The molecule has 2 aliphatic rings. The molecule has 5 nitrogen and oxygen atoms in total. The van der Waals surface area contributed by atoms with Gasteiger partial charge in [-0.3, -0.25) is 9.69 Å². The molecule has 1 aliphatic heterocycles. The second-order valence-electron chi connectivity index (χ2n) is 8.74. The molecule has 1 saturated heterocycles. The topological polar surface area (TPSA) is 54.8 Å². The maximum Gasteiger partial charge on any atom is 0.267 e. The second kappa shape index (κ2) is 11.5. The Morgan fingerprint density at radius 2 is 1.81 bits per heavy atom. The number of aromatic nitrogens is 1. The number of carbonyl (C=O) groups excluding carboxylic acids is 1. The second-order valence-corrected chi connectivity index (χ2v) is 10.5. The van der Waals surface area contributed by atoms with Crippen LogP contribution in [0.5, 0.6) is 5.75 Å². The molecule has 184 valence electrons. The molecule has 0 unspecified atom stereocenters. The number of nitrogens with zero attached hydrogens (tertiary/aromatic N) is 3. The van der Waals surface area contributed by atoms with Crippen molar-refractivity contribution in [2.75, 3.05) is 0 Å². The van der Waals surface area contributed by atoms with Gasteiger partial charge in [0.1, 0.15) is 18.0 Å². The molecule has 36 heavy (non-hydrogen) atoms. The first-order valence-electron chi connectivity index (χ1n) is 12.0. The number of benzene rings is 2. The van der Waals surface area contributed by atoms with E-state index in [0.717, 1.165) is 36.8 Å². The van der Waals surface area contributed by atoms with Crippen molar-refractivity contribution in [1.29, 1.82) is 0 Å². The van der Waals surface area contributed by atoms with Gasteiger partial charge >= 0.3 is 0 Å². The predicted molar refractivity (Wildman–Crippen MR) is 148 cm³/mol. The number of rotatable bonds is 6. The fraction of sp³-hybridized carbons (Fsp3) is 0.250. The molecule has 1 saturated carbocycles. The van der Waals surface area contributed by atoms with E-state index < -0.39 is 0 Å². The van der Waals surface area contributed by atoms with E-state index in [1.54, 1.807) is 12.3 Å². The Morgan fingerprint density at radius 3 is 2.58 bits per heavy atom. The Balaban J connectivity index is 1.44. The van der Waals surface area contributed by atoms with E-state index in [0.29, 0.717) is 38.3 Å². The smallest absolute Gasteiger partial charge is 0.267 e. The SMILES string of the molecule is O=C1/C(=C/c2ccccc2OCc2ccc(Cl)cc2)SC(=Nc2cccnc2Cl)N1C1CCCCC1. The van der Waals surface area contributed by atoms with E-state index in [2.05, 4.69) is 4.98 Å². The summed E-state index contributed by atoms with van der Waals surface area (Å²) >= 11 is 13.7. The number of hydrogen-bond donors (Lipinski definition) is 0. The fourth-order valence-electron chi connectivity index (χ4n) is 4.40. The average molecular weight is 539 g/mol. The first-order chi connectivity index (χ1) is 17.6. The highest BCUT2D eigenvalue weighted by Crippen LogP contribution is 2.40. The van der Waals surface area contributed by atoms with Gasteiger partial charge in [0.25, 0.3) is 5.91 Å². The Bertz CT molecular complexity index is 1300. The summed E-state index contributed by atoms with van der Waals surface area (Å²) in [6.07, 6.45) is 8.90. The monoisotopic (exact) mass is 537 g/mol. The summed E-state index contributed by atoms with van der Waals surface area (Å²) in [6.45, 7) is 0.402. The molecule has 0 spiro atoms. The van der Waals surface area contributed by atoms with Gasteiger partial charge in [-0.25, -0.2) is 9.98 Å². The summed E-state index contributed by atoms with van der Waals surface area (Å²) in [7, 11) is 0. The molecule has 2 heterocycles. The number of thioether (sulfide) groups is 1. The van der Waals surface area contributed by atoms with Crippen molar-refractivity contribution in [2.45, 2.75) is 44.8 Å². The van der Waals surface area contributed by atoms with Gasteiger partial charge in [-0.15, -0.1) is 0 Å². The van der Waals surface area contributed by atoms with Gasteiger partial charge in [-0.2, -0.15) is 0 Å². The van der Waals surface area contributed by atoms with Crippen LogP contribution in [-0.4, -0.2) is 27.0 Å². The number of para-hydroxylation sites is 1. The zero-order valence-electron chi connectivity index (χ0n) is 19.6. The molecule has 0 bridgehead atoms. The largest absolute Gasteiger partial charge is 0.488 e. The molecule has 0 radical (unpaired) electrons. The minimum absolute atomic E-state index is 0.0295. The number of amides is 1. The van der Waals surface area contributed by atoms with E-state index in [9.17, 15) is 4.79 Å². The normalized spacial score (nSPS) is 18.8. The van der Waals surface area contributed by atoms with Crippen LogP contribution in [0.25, 0.3) is 6.08 Å². The Kier molecular flexibility index (Phi) is 7.95. The van der Waals surface area contributed by atoms with Crippen molar-refractivity contribution < 1.29 is 9.53 Å². The first kappa shape index (κ1) is 24.9. The van der Waals surface area contributed by atoms with E-state index in [-0.39, 0.29) is 11.9 Å². The zero-order chi connectivity index (χ0) is 24.9. The third-order valence-corrected chi connectivity index (χ3v) is 7.77. The molecular weight excluding hydrogens is 513 g/mol. The van der Waals surface area contributed by atoms with Crippen molar-refractivity contribution in [3.05, 3.63) is 93.1 Å². The van der Waals surface area contributed by atoms with Crippen LogP contribution in [0.4, 0.5) is 5.69 Å². The van der Waals surface area contributed by atoms with E-state index in [1.165, 1.54) is 18.2 Å². The summed E-state index contributed by atoms with van der Waals surface area (Å²) in [5, 5.41) is 1.65. The Morgan fingerprint density at radius 1 is 1.03 bits per heavy atom. The maximum atomic E-state index is 13.7. The molecular formula is C28H25Cl2N3O2S. The number of aliphatic imine (C=N–C) groups is 1. The van der Waals surface area contributed by atoms with Crippen LogP contribution in [0.2, 0.25) is 10.2 Å². The molecule has 1 amide bonds. The van der Waals surface area contributed by atoms with E-state index in [1.807, 2.05) is 65.6 Å². The minimum atomic E-state index is -0.0295. The lowest BCUT2D eigenvalue weighted by Gasteiger charge is -2.30. The van der Waals surface area contributed by atoms with Crippen LogP contribution >= 0.6 is 35.0 Å². The average Bonchev–Trinajstić information content (AvgIpc) is 3.20. The third kappa shape index (κ3) is 5.77. The van der Waals surface area contributed by atoms with Gasteiger partial charge in [-0.1, -0.05) is 72.8 Å². The van der Waals surface area contributed by atoms with Gasteiger partial charge in [0, 0.05) is 22.8 Å². The van der Waals surface area contributed by atoms with Crippen molar-refractivity contribution in [2.24, 2.45) is 4.99 Å². The highest BCUT2D eigenvalue weighted by atomic mass is 35.5. The highest BCUT2D eigenvalue weighted by Gasteiger charge is 2.39. The van der Waals surface area contributed by atoms with Crippen LogP contribution in [0.1, 0.15) is 43.2 Å². The molecule has 5 rings (SSSR count). The number of hydrogen-bond acceptors (Lipinski definition) is 5. The van der Waals surface area contributed by atoms with E-state index >= 15 is 0 Å². The molecule has 2 aromatic carbocycles. The van der Waals surface area contributed by atoms with Crippen LogP contribution < -0.4 is 4.74 Å². The summed E-state index contributed by atoms with van der Waals surface area (Å²) in [4.78, 5) is 25.0. The highest BCUT2D eigenvalue weighted by molar-refractivity contribution is 8.18. The molecule has 3 aromatic rings. The van der Waals surface area contributed by atoms with Crippen LogP contribution in [-0.2, 0) is 11.4 Å². The summed E-state index contributed by atoms with van der Waals surface area (Å²) in [5.74, 6) is 0.677. The van der Waals surface area contributed by atoms with Gasteiger partial charge in [0.05, 0.1) is 4.91 Å². The van der Waals surface area contributed by atoms with Crippen LogP contribution in [0, 0.1) is 0 Å². The van der Waals surface area contributed by atoms with Gasteiger partial charge < -0.3 is 4.74 Å². The first-order valence-corrected chi connectivity index (χ1v) is 13.5. The fourth-order valence-corrected chi connectivity index (χ4v) is 5.73. The minimum Gasteiger partial charge on any atom is -0.488 e. The van der Waals surface area contributed by atoms with E-state index in [4.69, 9.17) is 32.9 Å². The Labute approximate surface area is 225 Å². The molecule has 0 atom stereocenters. The van der Waals surface area contributed by atoms with Crippen molar-refractivity contribution in [1.82, 2.24) is 9.88 Å². The predicted octanol–water partition coefficient (Wildman–Crippen LogP) is 7.90. The van der Waals surface area contributed by atoms with Crippen molar-refractivity contribution in [3.8, 4) is 5.75 Å². The van der Waals surface area contributed by atoms with Crippen LogP contribution in [0.15, 0.2) is 76.8 Å².